The number of nitrogens with one attached hydrogen (secondary N) is 1. The molecule has 62 valence electrons. The molecule has 2 aromatic rings. The summed E-state index contributed by atoms with van der Waals surface area (Å²) in [5.74, 6) is 1.43. The molecule has 2 aromatic heterocycles. The van der Waals surface area contributed by atoms with Gasteiger partial charge in [-0.3, -0.25) is 4.68 Å². The standard InChI is InChI=1S/C5H7N7/c1-12-5(6-3-7-12)2-4-8-10-11-9-4/h3H,2H2,1H3,(H,8,9,10,11). The molecular weight excluding hydrogens is 158 g/mol. The molecule has 1 N–H and O–H groups in total. The van der Waals surface area contributed by atoms with Crippen molar-refractivity contribution in [2.75, 3.05) is 0 Å². The predicted octanol–water partition coefficient (Wildman–Crippen LogP) is -1.08. The lowest BCUT2D eigenvalue weighted by Gasteiger charge is -1.93. The fourth-order valence-electron chi connectivity index (χ4n) is 0.879. The van der Waals surface area contributed by atoms with E-state index in [2.05, 4.69) is 30.7 Å². The Labute approximate surface area is 67.8 Å². The first-order valence-corrected chi connectivity index (χ1v) is 3.41. The number of H-pyrrole nitrogens is 1. The number of aryl methyl sites for hydroxylation is 1. The van der Waals surface area contributed by atoms with E-state index in [9.17, 15) is 0 Å². The fraction of sp³-hybridized carbons (Fsp3) is 0.400. The van der Waals surface area contributed by atoms with Crippen molar-refractivity contribution in [3.05, 3.63) is 18.0 Å². The number of nitrogens with zero attached hydrogens (tertiary/aromatic N) is 6. The molecule has 2 heterocycles. The average molecular weight is 165 g/mol. The maximum absolute atomic E-state index is 4.02. The van der Waals surface area contributed by atoms with Crippen LogP contribution >= 0.6 is 0 Å². The minimum Gasteiger partial charge on any atom is -0.253 e. The van der Waals surface area contributed by atoms with E-state index in [1.807, 2.05) is 7.05 Å². The molecule has 0 bridgehead atoms. The predicted molar refractivity (Wildman–Crippen MR) is 38.0 cm³/mol. The van der Waals surface area contributed by atoms with Crippen LogP contribution in [0.25, 0.3) is 0 Å². The molecule has 7 heteroatoms. The Morgan fingerprint density at radius 1 is 1.58 bits per heavy atom. The van der Waals surface area contributed by atoms with E-state index in [1.54, 1.807) is 4.68 Å². The van der Waals surface area contributed by atoms with Crippen molar-refractivity contribution in [3.8, 4) is 0 Å². The average Bonchev–Trinajstić information content (AvgIpc) is 2.65. The number of hydrogen-bond donors (Lipinski definition) is 1. The second kappa shape index (κ2) is 2.68. The summed E-state index contributed by atoms with van der Waals surface area (Å²) < 4.78 is 1.68. The van der Waals surface area contributed by atoms with Crippen LogP contribution in [0, 0.1) is 0 Å². The zero-order valence-electron chi connectivity index (χ0n) is 6.47. The monoisotopic (exact) mass is 165 g/mol. The minimum absolute atomic E-state index is 0.549. The second-order valence-corrected chi connectivity index (χ2v) is 2.30. The first-order chi connectivity index (χ1) is 5.86. The van der Waals surface area contributed by atoms with Gasteiger partial charge in [0.2, 0.25) is 0 Å². The highest BCUT2D eigenvalue weighted by molar-refractivity contribution is 4.95. The largest absolute Gasteiger partial charge is 0.253 e. The van der Waals surface area contributed by atoms with Crippen molar-refractivity contribution in [1.29, 1.82) is 0 Å². The van der Waals surface area contributed by atoms with Gasteiger partial charge in [-0.15, -0.1) is 10.2 Å². The van der Waals surface area contributed by atoms with Gasteiger partial charge >= 0.3 is 0 Å². The Kier molecular flexibility index (Phi) is 1.54. The Morgan fingerprint density at radius 2 is 2.50 bits per heavy atom. The molecule has 0 atom stereocenters. The summed E-state index contributed by atoms with van der Waals surface area (Å²) in [4.78, 5) is 4.02. The van der Waals surface area contributed by atoms with Crippen LogP contribution in [-0.2, 0) is 13.5 Å². The summed E-state index contributed by atoms with van der Waals surface area (Å²) in [6.07, 6.45) is 2.04. The van der Waals surface area contributed by atoms with Gasteiger partial charge in [0.05, 0.1) is 6.42 Å². The molecule has 0 aliphatic heterocycles. The lowest BCUT2D eigenvalue weighted by molar-refractivity contribution is 0.707. The highest BCUT2D eigenvalue weighted by Gasteiger charge is 2.04. The Bertz CT molecular complexity index is 348. The molecule has 0 radical (unpaired) electrons. The van der Waals surface area contributed by atoms with Gasteiger partial charge in [0.1, 0.15) is 12.2 Å². The Balaban J connectivity index is 2.20. The molecule has 7 nitrogen and oxygen atoms in total. The van der Waals surface area contributed by atoms with Crippen molar-refractivity contribution in [2.45, 2.75) is 6.42 Å². The molecule has 0 spiro atoms. The number of aromatic amines is 1. The second-order valence-electron chi connectivity index (χ2n) is 2.30. The molecule has 0 fully saturated rings. The maximum atomic E-state index is 4.02. The van der Waals surface area contributed by atoms with Crippen molar-refractivity contribution >= 4 is 0 Å². The fourth-order valence-corrected chi connectivity index (χ4v) is 0.879. The summed E-state index contributed by atoms with van der Waals surface area (Å²) in [7, 11) is 1.82. The molecule has 0 saturated carbocycles. The van der Waals surface area contributed by atoms with Gasteiger partial charge in [-0.2, -0.15) is 10.3 Å². The summed E-state index contributed by atoms with van der Waals surface area (Å²) in [5.41, 5.74) is 0. The smallest absolute Gasteiger partial charge is 0.182 e. The molecule has 0 amide bonds. The van der Waals surface area contributed by atoms with Gasteiger partial charge < -0.3 is 0 Å². The van der Waals surface area contributed by atoms with Crippen molar-refractivity contribution < 1.29 is 0 Å². The van der Waals surface area contributed by atoms with Crippen LogP contribution in [-0.4, -0.2) is 35.4 Å². The van der Waals surface area contributed by atoms with E-state index in [4.69, 9.17) is 0 Å². The van der Waals surface area contributed by atoms with Gasteiger partial charge in [-0.25, -0.2) is 4.98 Å². The first kappa shape index (κ1) is 6.89. The van der Waals surface area contributed by atoms with Gasteiger partial charge in [0.15, 0.2) is 5.82 Å². The summed E-state index contributed by atoms with van der Waals surface area (Å²) >= 11 is 0. The Hall–Kier alpha value is -1.79. The normalized spacial score (nSPS) is 10.4. The van der Waals surface area contributed by atoms with E-state index >= 15 is 0 Å². The van der Waals surface area contributed by atoms with Crippen molar-refractivity contribution in [3.63, 3.8) is 0 Å². The van der Waals surface area contributed by atoms with E-state index < -0.39 is 0 Å². The summed E-state index contributed by atoms with van der Waals surface area (Å²) in [6.45, 7) is 0. The van der Waals surface area contributed by atoms with Gasteiger partial charge in [-0.05, 0) is 0 Å². The van der Waals surface area contributed by atoms with Crippen LogP contribution in [0.4, 0.5) is 0 Å². The highest BCUT2D eigenvalue weighted by Crippen LogP contribution is 1.96. The van der Waals surface area contributed by atoms with Crippen LogP contribution in [0.15, 0.2) is 6.33 Å². The lowest BCUT2D eigenvalue weighted by atomic mass is 10.4. The third-order valence-electron chi connectivity index (χ3n) is 1.51. The molecule has 0 aliphatic rings. The van der Waals surface area contributed by atoms with Crippen LogP contribution in [0.2, 0.25) is 0 Å². The van der Waals surface area contributed by atoms with Crippen LogP contribution in [0.5, 0.6) is 0 Å². The molecule has 0 aromatic carbocycles. The quantitative estimate of drug-likeness (QED) is 0.611. The number of hydrogen-bond acceptors (Lipinski definition) is 5. The van der Waals surface area contributed by atoms with Crippen LogP contribution in [0.3, 0.4) is 0 Å². The van der Waals surface area contributed by atoms with Gasteiger partial charge in [-0.1, -0.05) is 5.21 Å². The molecule has 0 unspecified atom stereocenters. The van der Waals surface area contributed by atoms with E-state index in [-0.39, 0.29) is 0 Å². The maximum Gasteiger partial charge on any atom is 0.182 e. The summed E-state index contributed by atoms with van der Waals surface area (Å²) in [5, 5.41) is 17.3. The van der Waals surface area contributed by atoms with Crippen LogP contribution < -0.4 is 0 Å². The molecular formula is C5H7N7. The highest BCUT2D eigenvalue weighted by atomic mass is 15.5. The zero-order valence-corrected chi connectivity index (χ0v) is 6.47. The molecule has 0 aliphatic carbocycles. The topological polar surface area (TPSA) is 85.2 Å². The molecule has 2 rings (SSSR count). The third kappa shape index (κ3) is 1.16. The SMILES string of the molecule is Cn1ncnc1Cc1nn[nH]n1. The van der Waals surface area contributed by atoms with Crippen LogP contribution in [0.1, 0.15) is 11.6 Å². The van der Waals surface area contributed by atoms with Crippen molar-refractivity contribution in [2.24, 2.45) is 7.05 Å². The minimum atomic E-state index is 0.549. The number of aromatic nitrogens is 7. The molecule has 0 saturated heterocycles. The number of tetrazole rings is 1. The van der Waals surface area contributed by atoms with Gasteiger partial charge in [0.25, 0.3) is 0 Å². The van der Waals surface area contributed by atoms with E-state index in [1.165, 1.54) is 6.33 Å². The zero-order chi connectivity index (χ0) is 8.39. The van der Waals surface area contributed by atoms with Crippen molar-refractivity contribution in [1.82, 2.24) is 35.4 Å². The Morgan fingerprint density at radius 3 is 3.08 bits per heavy atom. The first-order valence-electron chi connectivity index (χ1n) is 3.41. The van der Waals surface area contributed by atoms with E-state index in [0.29, 0.717) is 12.2 Å². The molecule has 12 heavy (non-hydrogen) atoms. The third-order valence-corrected chi connectivity index (χ3v) is 1.51. The summed E-state index contributed by atoms with van der Waals surface area (Å²) in [6, 6.07) is 0. The van der Waals surface area contributed by atoms with E-state index in [0.717, 1.165) is 5.82 Å². The lowest BCUT2D eigenvalue weighted by Crippen LogP contribution is -2.01. The number of rotatable bonds is 2. The van der Waals surface area contributed by atoms with Gasteiger partial charge in [0, 0.05) is 7.05 Å².